The zero-order chi connectivity index (χ0) is 19.9. The van der Waals surface area contributed by atoms with Gasteiger partial charge in [0, 0.05) is 22.6 Å². The fourth-order valence-electron chi connectivity index (χ4n) is 2.80. The Labute approximate surface area is 151 Å². The van der Waals surface area contributed by atoms with E-state index in [1.165, 1.54) is 19.2 Å². The van der Waals surface area contributed by atoms with Crippen LogP contribution in [0.3, 0.4) is 0 Å². The summed E-state index contributed by atoms with van der Waals surface area (Å²) < 4.78 is 58.9. The highest BCUT2D eigenvalue weighted by atomic mass is 19.4. The largest absolute Gasteiger partial charge is 0.496 e. The molecular formula is C20H23F4NO. The van der Waals surface area contributed by atoms with Crippen molar-refractivity contribution in [3.05, 3.63) is 47.0 Å². The third kappa shape index (κ3) is 4.00. The molecule has 1 heterocycles. The molecule has 0 unspecified atom stereocenters. The summed E-state index contributed by atoms with van der Waals surface area (Å²) in [4.78, 5) is 3.89. The van der Waals surface area contributed by atoms with E-state index in [1.807, 2.05) is 13.8 Å². The number of methoxy groups -OCH3 is 1. The van der Waals surface area contributed by atoms with Gasteiger partial charge in [-0.25, -0.2) is 9.37 Å². The minimum atomic E-state index is -4.53. The van der Waals surface area contributed by atoms with Crippen molar-refractivity contribution in [3.8, 4) is 16.9 Å². The normalized spacial score (nSPS) is 12.6. The Hall–Kier alpha value is -2.11. The van der Waals surface area contributed by atoms with E-state index in [2.05, 4.69) is 4.98 Å². The van der Waals surface area contributed by atoms with E-state index in [1.54, 1.807) is 26.8 Å². The van der Waals surface area contributed by atoms with Crippen LogP contribution in [0.2, 0.25) is 0 Å². The van der Waals surface area contributed by atoms with Gasteiger partial charge < -0.3 is 4.74 Å². The van der Waals surface area contributed by atoms with Crippen LogP contribution in [-0.4, -0.2) is 12.1 Å². The number of rotatable bonds is 3. The molecule has 1 aromatic heterocycles. The van der Waals surface area contributed by atoms with Gasteiger partial charge in [-0.05, 0) is 23.6 Å². The lowest BCUT2D eigenvalue weighted by Gasteiger charge is -2.24. The monoisotopic (exact) mass is 369 g/mol. The first-order valence-corrected chi connectivity index (χ1v) is 8.32. The van der Waals surface area contributed by atoms with Gasteiger partial charge in [-0.15, -0.1) is 0 Å². The highest BCUT2D eigenvalue weighted by molar-refractivity contribution is 5.74. The second-order valence-electron chi connectivity index (χ2n) is 7.57. The van der Waals surface area contributed by atoms with Crippen LogP contribution in [0.4, 0.5) is 17.6 Å². The van der Waals surface area contributed by atoms with Crippen molar-refractivity contribution in [2.24, 2.45) is 0 Å². The molecule has 1 aromatic carbocycles. The molecule has 0 saturated carbocycles. The molecule has 0 aliphatic carbocycles. The quantitative estimate of drug-likeness (QED) is 0.589. The first-order chi connectivity index (χ1) is 11.9. The summed E-state index contributed by atoms with van der Waals surface area (Å²) in [6.45, 7) is 9.07. The van der Waals surface area contributed by atoms with E-state index >= 15 is 0 Å². The van der Waals surface area contributed by atoms with Crippen molar-refractivity contribution in [1.82, 2.24) is 4.98 Å². The molecule has 0 spiro atoms. The fraction of sp³-hybridized carbons (Fsp3) is 0.450. The Bertz CT molecular complexity index is 805. The van der Waals surface area contributed by atoms with Crippen LogP contribution < -0.4 is 4.74 Å². The van der Waals surface area contributed by atoms with Crippen molar-refractivity contribution in [2.75, 3.05) is 7.11 Å². The second-order valence-corrected chi connectivity index (χ2v) is 7.57. The Balaban J connectivity index is 2.81. The SMILES string of the molecule is COc1cc(F)c(C(C)C)cc1-c1ccc(C(F)(F)F)nc1C(C)(C)C. The molecule has 0 amide bonds. The number of ether oxygens (including phenoxy) is 1. The lowest BCUT2D eigenvalue weighted by atomic mass is 9.84. The Morgan fingerprint density at radius 2 is 1.62 bits per heavy atom. The van der Waals surface area contributed by atoms with Crippen molar-refractivity contribution < 1.29 is 22.3 Å². The molecule has 142 valence electrons. The number of hydrogen-bond acceptors (Lipinski definition) is 2. The number of hydrogen-bond donors (Lipinski definition) is 0. The zero-order valence-electron chi connectivity index (χ0n) is 15.8. The molecule has 2 nitrogen and oxygen atoms in total. The molecule has 2 rings (SSSR count). The van der Waals surface area contributed by atoms with Crippen molar-refractivity contribution in [3.63, 3.8) is 0 Å². The van der Waals surface area contributed by atoms with Crippen LogP contribution >= 0.6 is 0 Å². The van der Waals surface area contributed by atoms with Gasteiger partial charge in [-0.1, -0.05) is 40.7 Å². The standard InChI is InChI=1S/C20H23F4NO/c1-11(2)13-9-14(16(26-6)10-15(13)21)12-7-8-17(20(22,23)24)25-18(12)19(3,4)5/h7-11H,1-6H3. The third-order valence-electron chi connectivity index (χ3n) is 4.13. The minimum absolute atomic E-state index is 0.0832. The van der Waals surface area contributed by atoms with Gasteiger partial charge in [-0.3, -0.25) is 0 Å². The summed E-state index contributed by atoms with van der Waals surface area (Å²) in [6, 6.07) is 5.24. The topological polar surface area (TPSA) is 22.1 Å². The van der Waals surface area contributed by atoms with Gasteiger partial charge in [0.05, 0.1) is 12.8 Å². The third-order valence-corrected chi connectivity index (χ3v) is 4.13. The maximum absolute atomic E-state index is 14.3. The Morgan fingerprint density at radius 3 is 2.08 bits per heavy atom. The predicted octanol–water partition coefficient (Wildman–Crippen LogP) is 6.34. The highest BCUT2D eigenvalue weighted by Crippen LogP contribution is 2.41. The molecule has 0 fully saturated rings. The van der Waals surface area contributed by atoms with Gasteiger partial charge in [0.1, 0.15) is 17.3 Å². The summed E-state index contributed by atoms with van der Waals surface area (Å²) >= 11 is 0. The lowest BCUT2D eigenvalue weighted by Crippen LogP contribution is -2.19. The Kier molecular flexibility index (Phi) is 5.36. The molecule has 0 atom stereocenters. The number of nitrogens with zero attached hydrogens (tertiary/aromatic N) is 1. The predicted molar refractivity (Wildman–Crippen MR) is 94.0 cm³/mol. The van der Waals surface area contributed by atoms with Crippen LogP contribution in [0.15, 0.2) is 24.3 Å². The molecule has 6 heteroatoms. The molecule has 0 bridgehead atoms. The summed E-state index contributed by atoms with van der Waals surface area (Å²) in [5.74, 6) is -0.225. The van der Waals surface area contributed by atoms with Gasteiger partial charge in [0.25, 0.3) is 0 Å². The fourth-order valence-corrected chi connectivity index (χ4v) is 2.80. The van der Waals surface area contributed by atoms with E-state index in [0.717, 1.165) is 6.07 Å². The van der Waals surface area contributed by atoms with Crippen LogP contribution in [-0.2, 0) is 11.6 Å². The molecule has 26 heavy (non-hydrogen) atoms. The van der Waals surface area contributed by atoms with Gasteiger partial charge in [0.2, 0.25) is 0 Å². The van der Waals surface area contributed by atoms with Crippen LogP contribution in [0, 0.1) is 5.82 Å². The number of halogens is 4. The molecular weight excluding hydrogens is 346 g/mol. The number of aromatic nitrogens is 1. The summed E-state index contributed by atoms with van der Waals surface area (Å²) in [5.41, 5.74) is 0.199. The summed E-state index contributed by atoms with van der Waals surface area (Å²) in [7, 11) is 1.40. The van der Waals surface area contributed by atoms with E-state index in [9.17, 15) is 17.6 Å². The molecule has 0 aliphatic heterocycles. The van der Waals surface area contributed by atoms with Crippen LogP contribution in [0.1, 0.15) is 57.5 Å². The summed E-state index contributed by atoms with van der Waals surface area (Å²) in [6.07, 6.45) is -4.53. The number of alkyl halides is 3. The maximum Gasteiger partial charge on any atom is 0.433 e. The van der Waals surface area contributed by atoms with Crippen molar-refractivity contribution >= 4 is 0 Å². The first-order valence-electron chi connectivity index (χ1n) is 8.32. The maximum atomic E-state index is 14.3. The molecule has 0 saturated heterocycles. The highest BCUT2D eigenvalue weighted by Gasteiger charge is 2.35. The second kappa shape index (κ2) is 6.89. The Morgan fingerprint density at radius 1 is 1.00 bits per heavy atom. The average molecular weight is 369 g/mol. The van der Waals surface area contributed by atoms with E-state index in [-0.39, 0.29) is 17.4 Å². The zero-order valence-corrected chi connectivity index (χ0v) is 15.8. The number of pyridine rings is 1. The van der Waals surface area contributed by atoms with Crippen LogP contribution in [0.25, 0.3) is 11.1 Å². The van der Waals surface area contributed by atoms with Crippen molar-refractivity contribution in [1.29, 1.82) is 0 Å². The molecule has 2 aromatic rings. The van der Waals surface area contributed by atoms with Gasteiger partial charge in [-0.2, -0.15) is 13.2 Å². The summed E-state index contributed by atoms with van der Waals surface area (Å²) in [5, 5.41) is 0. The van der Waals surface area contributed by atoms with E-state index in [4.69, 9.17) is 4.74 Å². The van der Waals surface area contributed by atoms with Gasteiger partial charge >= 0.3 is 6.18 Å². The van der Waals surface area contributed by atoms with E-state index in [0.29, 0.717) is 16.7 Å². The first kappa shape index (κ1) is 20.2. The average Bonchev–Trinajstić information content (AvgIpc) is 2.52. The van der Waals surface area contributed by atoms with Gasteiger partial charge in [0.15, 0.2) is 0 Å². The molecule has 0 N–H and O–H groups in total. The minimum Gasteiger partial charge on any atom is -0.496 e. The van der Waals surface area contributed by atoms with E-state index < -0.39 is 23.1 Å². The lowest BCUT2D eigenvalue weighted by molar-refractivity contribution is -0.141. The smallest absolute Gasteiger partial charge is 0.433 e. The molecule has 0 radical (unpaired) electrons. The molecule has 0 aliphatic rings. The number of benzene rings is 1. The van der Waals surface area contributed by atoms with Crippen molar-refractivity contribution in [2.45, 2.75) is 52.1 Å². The van der Waals surface area contributed by atoms with Crippen LogP contribution in [0.5, 0.6) is 5.75 Å².